The van der Waals surface area contributed by atoms with Crippen LogP contribution in [0.4, 0.5) is 3.89 Å². The van der Waals surface area contributed by atoms with Crippen molar-refractivity contribution in [1.29, 1.82) is 0 Å². The number of pyridine rings is 1. The number of rotatable bonds is 2. The second kappa shape index (κ2) is 5.31. The van der Waals surface area contributed by atoms with Gasteiger partial charge in [0.15, 0.2) is 0 Å². The Kier molecular flexibility index (Phi) is 3.53. The fourth-order valence-corrected chi connectivity index (χ4v) is 2.96. The normalized spacial score (nSPS) is 19.2. The van der Waals surface area contributed by atoms with E-state index in [4.69, 9.17) is 0 Å². The van der Waals surface area contributed by atoms with Gasteiger partial charge in [0.2, 0.25) is 0 Å². The van der Waals surface area contributed by atoms with Crippen molar-refractivity contribution in [1.82, 2.24) is 9.88 Å². The quantitative estimate of drug-likeness (QED) is 0.832. The SMILES string of the molecule is CN1Cc2cc(SF)cnc2C(c2ccccc2)C1. The van der Waals surface area contributed by atoms with Gasteiger partial charge in [0.25, 0.3) is 0 Å². The standard InChI is InChI=1S/C15H15FN2S/c1-18-9-12-7-13(19-16)8-17-15(12)14(10-18)11-5-3-2-4-6-11/h2-8,14H,9-10H2,1H3. The van der Waals surface area contributed by atoms with Crippen LogP contribution in [0, 0.1) is 0 Å². The second-order valence-corrected chi connectivity index (χ2v) is 5.58. The fourth-order valence-electron chi connectivity index (χ4n) is 2.68. The summed E-state index contributed by atoms with van der Waals surface area (Å²) < 4.78 is 12.7. The molecule has 2 nitrogen and oxygen atoms in total. The molecule has 98 valence electrons. The molecule has 1 atom stereocenters. The first-order valence-corrected chi connectivity index (χ1v) is 7.00. The van der Waals surface area contributed by atoms with Gasteiger partial charge in [-0.15, -0.1) is 0 Å². The van der Waals surface area contributed by atoms with Crippen molar-refractivity contribution < 1.29 is 3.89 Å². The van der Waals surface area contributed by atoms with Gasteiger partial charge in [-0.1, -0.05) is 30.3 Å². The summed E-state index contributed by atoms with van der Waals surface area (Å²) in [6.45, 7) is 1.78. The Morgan fingerprint density at radius 3 is 2.84 bits per heavy atom. The molecule has 0 spiro atoms. The molecule has 0 saturated carbocycles. The van der Waals surface area contributed by atoms with E-state index < -0.39 is 0 Å². The average Bonchev–Trinajstić information content (AvgIpc) is 2.46. The first-order valence-electron chi connectivity index (χ1n) is 6.29. The Hall–Kier alpha value is -1.39. The van der Waals surface area contributed by atoms with Crippen LogP contribution in [0.5, 0.6) is 0 Å². The molecule has 1 aliphatic heterocycles. The number of likely N-dealkylation sites (N-methyl/N-ethyl adjacent to an activating group) is 1. The molecule has 2 heterocycles. The number of hydrogen-bond donors (Lipinski definition) is 0. The molecule has 1 aliphatic rings. The number of benzene rings is 1. The van der Waals surface area contributed by atoms with Crippen molar-refractivity contribution in [3.63, 3.8) is 0 Å². The van der Waals surface area contributed by atoms with Crippen molar-refractivity contribution in [2.75, 3.05) is 13.6 Å². The van der Waals surface area contributed by atoms with E-state index in [1.165, 1.54) is 5.56 Å². The molecule has 0 fully saturated rings. The van der Waals surface area contributed by atoms with Crippen molar-refractivity contribution in [2.24, 2.45) is 0 Å². The van der Waals surface area contributed by atoms with E-state index in [2.05, 4.69) is 41.2 Å². The van der Waals surface area contributed by atoms with Crippen molar-refractivity contribution in [3.05, 3.63) is 59.4 Å². The van der Waals surface area contributed by atoms with Crippen molar-refractivity contribution in [2.45, 2.75) is 17.4 Å². The minimum absolute atomic E-state index is 0.259. The highest BCUT2D eigenvalue weighted by atomic mass is 32.2. The maximum atomic E-state index is 12.7. The lowest BCUT2D eigenvalue weighted by atomic mass is 9.89. The van der Waals surface area contributed by atoms with Crippen LogP contribution in [0.25, 0.3) is 0 Å². The minimum atomic E-state index is 0.259. The molecule has 2 aromatic rings. The predicted octanol–water partition coefficient (Wildman–Crippen LogP) is 3.64. The van der Waals surface area contributed by atoms with Gasteiger partial charge in [-0.3, -0.25) is 4.98 Å². The van der Waals surface area contributed by atoms with E-state index >= 15 is 0 Å². The summed E-state index contributed by atoms with van der Waals surface area (Å²) in [5.74, 6) is 0.272. The summed E-state index contributed by atoms with van der Waals surface area (Å²) in [5, 5.41) is 0. The molecular weight excluding hydrogens is 259 g/mol. The number of fused-ring (bicyclic) bond motifs is 1. The summed E-state index contributed by atoms with van der Waals surface area (Å²) in [5.41, 5.74) is 3.48. The molecule has 1 aromatic heterocycles. The molecule has 0 amide bonds. The molecule has 1 aromatic carbocycles. The molecule has 19 heavy (non-hydrogen) atoms. The highest BCUT2D eigenvalue weighted by molar-refractivity contribution is 7.94. The van der Waals surface area contributed by atoms with E-state index in [0.29, 0.717) is 4.90 Å². The summed E-state index contributed by atoms with van der Waals surface area (Å²) in [6.07, 6.45) is 1.63. The summed E-state index contributed by atoms with van der Waals surface area (Å²) in [4.78, 5) is 7.34. The molecule has 1 unspecified atom stereocenters. The fraction of sp³-hybridized carbons (Fsp3) is 0.267. The Bertz CT molecular complexity index is 574. The lowest BCUT2D eigenvalue weighted by molar-refractivity contribution is 0.291. The van der Waals surface area contributed by atoms with Crippen LogP contribution in [0.3, 0.4) is 0 Å². The highest BCUT2D eigenvalue weighted by Gasteiger charge is 2.26. The van der Waals surface area contributed by atoms with Gasteiger partial charge >= 0.3 is 0 Å². The van der Waals surface area contributed by atoms with Gasteiger partial charge in [0.1, 0.15) is 0 Å². The Labute approximate surface area is 117 Å². The van der Waals surface area contributed by atoms with Gasteiger partial charge in [-0.2, -0.15) is 3.89 Å². The minimum Gasteiger partial charge on any atom is -0.301 e. The monoisotopic (exact) mass is 274 g/mol. The first kappa shape index (κ1) is 12.6. The summed E-state index contributed by atoms with van der Waals surface area (Å²) >= 11 is 0.259. The van der Waals surface area contributed by atoms with E-state index in [-0.39, 0.29) is 18.1 Å². The Morgan fingerprint density at radius 1 is 1.32 bits per heavy atom. The molecule has 4 heteroatoms. The molecule has 0 N–H and O–H groups in total. The van der Waals surface area contributed by atoms with Crippen LogP contribution >= 0.6 is 12.1 Å². The van der Waals surface area contributed by atoms with Crippen LogP contribution in [0.2, 0.25) is 0 Å². The number of hydrogen-bond acceptors (Lipinski definition) is 3. The molecule has 0 bridgehead atoms. The van der Waals surface area contributed by atoms with Gasteiger partial charge < -0.3 is 4.90 Å². The van der Waals surface area contributed by atoms with E-state index in [9.17, 15) is 3.89 Å². The zero-order chi connectivity index (χ0) is 13.2. The molecule has 0 saturated heterocycles. The summed E-state index contributed by atoms with van der Waals surface area (Å²) in [6, 6.07) is 12.3. The van der Waals surface area contributed by atoms with Gasteiger partial charge in [-0.25, -0.2) is 0 Å². The van der Waals surface area contributed by atoms with E-state index in [1.807, 2.05) is 12.1 Å². The van der Waals surface area contributed by atoms with Gasteiger partial charge in [0.05, 0.1) is 22.7 Å². The zero-order valence-electron chi connectivity index (χ0n) is 10.7. The van der Waals surface area contributed by atoms with Crippen molar-refractivity contribution >= 4 is 12.1 Å². The highest BCUT2D eigenvalue weighted by Crippen LogP contribution is 2.33. The van der Waals surface area contributed by atoms with Crippen LogP contribution in [0.15, 0.2) is 47.5 Å². The maximum absolute atomic E-state index is 12.7. The van der Waals surface area contributed by atoms with Crippen LogP contribution < -0.4 is 0 Å². The number of halogens is 1. The van der Waals surface area contributed by atoms with Crippen LogP contribution in [-0.4, -0.2) is 23.5 Å². The van der Waals surface area contributed by atoms with E-state index in [1.54, 1.807) is 6.20 Å². The lowest BCUT2D eigenvalue weighted by Crippen LogP contribution is -2.31. The topological polar surface area (TPSA) is 16.1 Å². The first-order chi connectivity index (χ1) is 9.28. The molecular formula is C15H15FN2S. The Balaban J connectivity index is 2.05. The third-order valence-corrected chi connectivity index (χ3v) is 3.93. The number of nitrogens with zero attached hydrogens (tertiary/aromatic N) is 2. The second-order valence-electron chi connectivity index (χ2n) is 4.95. The van der Waals surface area contributed by atoms with Crippen LogP contribution in [-0.2, 0) is 6.54 Å². The molecule has 0 aliphatic carbocycles. The number of aromatic nitrogens is 1. The predicted molar refractivity (Wildman–Crippen MR) is 75.8 cm³/mol. The van der Waals surface area contributed by atoms with E-state index in [0.717, 1.165) is 24.3 Å². The summed E-state index contributed by atoms with van der Waals surface area (Å²) in [7, 11) is 2.09. The Morgan fingerprint density at radius 2 is 2.11 bits per heavy atom. The van der Waals surface area contributed by atoms with Gasteiger partial charge in [-0.05, 0) is 24.2 Å². The molecule has 0 radical (unpaired) electrons. The van der Waals surface area contributed by atoms with Gasteiger partial charge in [0, 0.05) is 25.2 Å². The molecule has 3 rings (SSSR count). The lowest BCUT2D eigenvalue weighted by Gasteiger charge is -2.31. The average molecular weight is 274 g/mol. The van der Waals surface area contributed by atoms with Crippen molar-refractivity contribution in [3.8, 4) is 0 Å². The maximum Gasteiger partial charge on any atom is 0.0828 e. The third kappa shape index (κ3) is 2.51. The zero-order valence-corrected chi connectivity index (χ0v) is 11.5. The largest absolute Gasteiger partial charge is 0.301 e. The third-order valence-electron chi connectivity index (χ3n) is 3.53. The smallest absolute Gasteiger partial charge is 0.0828 e. The van der Waals surface area contributed by atoms with Crippen LogP contribution in [0.1, 0.15) is 22.7 Å².